The Balaban J connectivity index is 1.84. The molecule has 1 atom stereocenters. The number of aromatic nitrogens is 2. The minimum Gasteiger partial charge on any atom is -0.353 e. The first-order valence-electron chi connectivity index (χ1n) is 10.6. The Hall–Kier alpha value is -3.69. The molecular formula is C24H25F4N5O. The van der Waals surface area contributed by atoms with E-state index in [0.29, 0.717) is 22.6 Å². The van der Waals surface area contributed by atoms with Crippen LogP contribution in [0.15, 0.2) is 53.5 Å². The van der Waals surface area contributed by atoms with E-state index < -0.39 is 17.6 Å². The molecule has 6 nitrogen and oxygen atoms in total. The molecule has 180 valence electrons. The number of aryl methyl sites for hydroxylation is 1. The van der Waals surface area contributed by atoms with Gasteiger partial charge in [-0.25, -0.2) is 4.39 Å². The van der Waals surface area contributed by atoms with Crippen molar-refractivity contribution in [1.82, 2.24) is 15.5 Å². The fraction of sp³-hybridized carbons (Fsp3) is 0.292. The van der Waals surface area contributed by atoms with Crippen LogP contribution in [0.25, 0.3) is 11.3 Å². The van der Waals surface area contributed by atoms with Gasteiger partial charge in [0, 0.05) is 23.2 Å². The molecule has 0 saturated carbocycles. The van der Waals surface area contributed by atoms with Crippen molar-refractivity contribution in [3.05, 3.63) is 71.0 Å². The van der Waals surface area contributed by atoms with Gasteiger partial charge in [0.2, 0.25) is 5.96 Å². The first-order valence-corrected chi connectivity index (χ1v) is 10.6. The second-order valence-electron chi connectivity index (χ2n) is 8.27. The third-order valence-electron chi connectivity index (χ3n) is 5.34. The smallest absolute Gasteiger partial charge is 0.353 e. The summed E-state index contributed by atoms with van der Waals surface area (Å²) in [5.74, 6) is -0.481. The highest BCUT2D eigenvalue weighted by molar-refractivity contribution is 6.06. The second-order valence-corrected chi connectivity index (χ2v) is 8.27. The molecule has 3 aromatic rings. The lowest BCUT2D eigenvalue weighted by Crippen LogP contribution is -2.40. The fourth-order valence-corrected chi connectivity index (χ4v) is 2.86. The Morgan fingerprint density at radius 1 is 1.06 bits per heavy atom. The molecule has 1 aromatic heterocycles. The van der Waals surface area contributed by atoms with Crippen molar-refractivity contribution in [2.24, 2.45) is 10.9 Å². The highest BCUT2D eigenvalue weighted by Gasteiger charge is 2.30. The van der Waals surface area contributed by atoms with Crippen LogP contribution in [-0.2, 0) is 6.18 Å². The number of halogens is 4. The van der Waals surface area contributed by atoms with E-state index in [0.717, 1.165) is 24.3 Å². The Bertz CT molecular complexity index is 1180. The van der Waals surface area contributed by atoms with E-state index in [-0.39, 0.29) is 29.3 Å². The van der Waals surface area contributed by atoms with Crippen molar-refractivity contribution in [3.8, 4) is 11.3 Å². The molecule has 0 aliphatic carbocycles. The normalized spacial score (nSPS) is 13.1. The number of anilines is 1. The van der Waals surface area contributed by atoms with Crippen molar-refractivity contribution in [2.45, 2.75) is 39.9 Å². The first kappa shape index (κ1) is 24.9. The number of H-pyrrole nitrogens is 1. The molecule has 3 rings (SSSR count). The number of hydrogen-bond acceptors (Lipinski definition) is 2. The highest BCUT2D eigenvalue weighted by atomic mass is 19.4. The summed E-state index contributed by atoms with van der Waals surface area (Å²) >= 11 is 0. The maximum atomic E-state index is 13.9. The molecule has 0 fully saturated rings. The van der Waals surface area contributed by atoms with Crippen LogP contribution in [0, 0.1) is 18.7 Å². The lowest BCUT2D eigenvalue weighted by atomic mass is 10.1. The predicted octanol–water partition coefficient (Wildman–Crippen LogP) is 5.79. The predicted molar refractivity (Wildman–Crippen MR) is 123 cm³/mol. The summed E-state index contributed by atoms with van der Waals surface area (Å²) in [5, 5.41) is 13.0. The SMILES string of the molecule is Cc1ccc(-c2cc(N/C(=N\C(=O)c3ccc(C(F)(F)F)cc3)NC(C)C(C)C)n[nH]2)cc1F. The van der Waals surface area contributed by atoms with Crippen LogP contribution >= 0.6 is 0 Å². The minimum absolute atomic E-state index is 0.00384. The highest BCUT2D eigenvalue weighted by Crippen LogP contribution is 2.29. The molecular weight excluding hydrogens is 450 g/mol. The number of rotatable bonds is 5. The van der Waals surface area contributed by atoms with Crippen LogP contribution in [0.3, 0.4) is 0 Å². The van der Waals surface area contributed by atoms with Crippen LogP contribution in [0.1, 0.15) is 42.3 Å². The summed E-state index contributed by atoms with van der Waals surface area (Å²) in [6.07, 6.45) is -4.50. The minimum atomic E-state index is -4.50. The van der Waals surface area contributed by atoms with Crippen molar-refractivity contribution in [1.29, 1.82) is 0 Å². The molecule has 0 aliphatic rings. The van der Waals surface area contributed by atoms with Gasteiger partial charge in [-0.2, -0.15) is 23.3 Å². The van der Waals surface area contributed by atoms with Gasteiger partial charge in [-0.15, -0.1) is 0 Å². The molecule has 1 amide bonds. The van der Waals surface area contributed by atoms with Gasteiger partial charge in [0.05, 0.1) is 11.3 Å². The average Bonchev–Trinajstić information content (AvgIpc) is 3.23. The second kappa shape index (κ2) is 10.1. The van der Waals surface area contributed by atoms with Crippen molar-refractivity contribution < 1.29 is 22.4 Å². The number of benzene rings is 2. The van der Waals surface area contributed by atoms with E-state index in [1.54, 1.807) is 25.1 Å². The zero-order valence-electron chi connectivity index (χ0n) is 19.1. The lowest BCUT2D eigenvalue weighted by Gasteiger charge is -2.20. The standard InChI is InChI=1S/C24H25F4N5O/c1-13(2)15(4)29-23(31-22(34)16-7-9-18(10-8-16)24(26,27)28)30-21-12-20(32-33-21)17-6-5-14(3)19(25)11-17/h5-13,15H,1-4H3,(H3,29,30,31,32,33,34). The number of amides is 1. The van der Waals surface area contributed by atoms with Gasteiger partial charge in [-0.1, -0.05) is 26.0 Å². The van der Waals surface area contributed by atoms with Gasteiger partial charge in [0.15, 0.2) is 5.82 Å². The molecule has 34 heavy (non-hydrogen) atoms. The van der Waals surface area contributed by atoms with E-state index in [9.17, 15) is 22.4 Å². The van der Waals surface area contributed by atoms with Gasteiger partial charge in [-0.05, 0) is 55.7 Å². The number of aliphatic imine (C=N–C) groups is 1. The molecule has 1 heterocycles. The zero-order chi connectivity index (χ0) is 25.0. The summed E-state index contributed by atoms with van der Waals surface area (Å²) in [6, 6.07) is 10.2. The molecule has 0 saturated heterocycles. The number of nitrogens with zero attached hydrogens (tertiary/aromatic N) is 2. The Labute approximate surface area is 194 Å². The summed E-state index contributed by atoms with van der Waals surface area (Å²) < 4.78 is 52.3. The Morgan fingerprint density at radius 2 is 1.74 bits per heavy atom. The van der Waals surface area contributed by atoms with Crippen LogP contribution < -0.4 is 10.6 Å². The van der Waals surface area contributed by atoms with E-state index in [2.05, 4.69) is 25.8 Å². The molecule has 2 aromatic carbocycles. The van der Waals surface area contributed by atoms with Gasteiger partial charge < -0.3 is 10.6 Å². The largest absolute Gasteiger partial charge is 0.416 e. The Kier molecular flexibility index (Phi) is 7.38. The molecule has 3 N–H and O–H groups in total. The van der Waals surface area contributed by atoms with Gasteiger partial charge in [0.1, 0.15) is 5.82 Å². The number of hydrogen-bond donors (Lipinski definition) is 3. The number of aromatic amines is 1. The Morgan fingerprint density at radius 3 is 2.32 bits per heavy atom. The number of guanidine groups is 1. The molecule has 0 bridgehead atoms. The first-order chi connectivity index (χ1) is 15.9. The van der Waals surface area contributed by atoms with E-state index in [1.165, 1.54) is 6.07 Å². The fourth-order valence-electron chi connectivity index (χ4n) is 2.86. The van der Waals surface area contributed by atoms with Crippen LogP contribution in [0.2, 0.25) is 0 Å². The van der Waals surface area contributed by atoms with Gasteiger partial charge in [-0.3, -0.25) is 9.89 Å². The number of carbonyl (C=O) groups excluding carboxylic acids is 1. The van der Waals surface area contributed by atoms with E-state index >= 15 is 0 Å². The number of carbonyl (C=O) groups is 1. The van der Waals surface area contributed by atoms with Crippen molar-refractivity contribution in [2.75, 3.05) is 5.32 Å². The van der Waals surface area contributed by atoms with Gasteiger partial charge >= 0.3 is 6.18 Å². The zero-order valence-corrected chi connectivity index (χ0v) is 19.1. The third kappa shape index (κ3) is 6.21. The summed E-state index contributed by atoms with van der Waals surface area (Å²) in [4.78, 5) is 16.7. The quantitative estimate of drug-likeness (QED) is 0.248. The molecule has 1 unspecified atom stereocenters. The molecule has 10 heteroatoms. The van der Waals surface area contributed by atoms with E-state index in [1.807, 2.05) is 20.8 Å². The molecule has 0 spiro atoms. The lowest BCUT2D eigenvalue weighted by molar-refractivity contribution is -0.137. The molecule has 0 aliphatic heterocycles. The number of nitrogens with one attached hydrogen (secondary N) is 3. The topological polar surface area (TPSA) is 82.2 Å². The van der Waals surface area contributed by atoms with E-state index in [4.69, 9.17) is 0 Å². The van der Waals surface area contributed by atoms with Crippen molar-refractivity contribution >= 4 is 17.7 Å². The van der Waals surface area contributed by atoms with Crippen LogP contribution in [-0.4, -0.2) is 28.1 Å². The summed E-state index contributed by atoms with van der Waals surface area (Å²) in [5.41, 5.74) is 0.807. The third-order valence-corrected chi connectivity index (χ3v) is 5.34. The van der Waals surface area contributed by atoms with Gasteiger partial charge in [0.25, 0.3) is 5.91 Å². The van der Waals surface area contributed by atoms with Crippen LogP contribution in [0.5, 0.6) is 0 Å². The maximum Gasteiger partial charge on any atom is 0.416 e. The van der Waals surface area contributed by atoms with Crippen molar-refractivity contribution in [3.63, 3.8) is 0 Å². The number of alkyl halides is 3. The van der Waals surface area contributed by atoms with Crippen LogP contribution in [0.4, 0.5) is 23.4 Å². The summed E-state index contributed by atoms with van der Waals surface area (Å²) in [6.45, 7) is 7.52. The molecule has 0 radical (unpaired) electrons. The average molecular weight is 475 g/mol. The summed E-state index contributed by atoms with van der Waals surface area (Å²) in [7, 11) is 0. The maximum absolute atomic E-state index is 13.9. The monoisotopic (exact) mass is 475 g/mol.